The number of carbonyl (C=O) groups is 1. The number of amides is 1. The molecule has 11 heteroatoms. The van der Waals surface area contributed by atoms with Gasteiger partial charge in [-0.25, -0.2) is 9.97 Å². The number of aliphatic hydroxyl groups excluding tert-OH is 1. The van der Waals surface area contributed by atoms with Gasteiger partial charge < -0.3 is 25.4 Å². The molecule has 2 fully saturated rings. The molecule has 3 heterocycles. The van der Waals surface area contributed by atoms with Crippen molar-refractivity contribution in [1.82, 2.24) is 14.9 Å². The van der Waals surface area contributed by atoms with Gasteiger partial charge in [-0.1, -0.05) is 0 Å². The molecule has 1 aromatic heterocycles. The topological polar surface area (TPSA) is 105 Å². The van der Waals surface area contributed by atoms with Crippen molar-refractivity contribution in [3.8, 4) is 0 Å². The minimum Gasteiger partial charge on any atom is -0.389 e. The van der Waals surface area contributed by atoms with Crippen molar-refractivity contribution in [3.05, 3.63) is 18.0 Å². The van der Waals surface area contributed by atoms with Crippen LogP contribution in [0.15, 0.2) is 12.4 Å². The third kappa shape index (κ3) is 4.53. The average molecular weight is 403 g/mol. The summed E-state index contributed by atoms with van der Waals surface area (Å²) in [4.78, 5) is 23.3. The maximum atomic E-state index is 12.6. The Morgan fingerprint density at radius 2 is 2.00 bits per heavy atom. The van der Waals surface area contributed by atoms with Gasteiger partial charge in [-0.3, -0.25) is 4.79 Å². The smallest absolute Gasteiger partial charge is 0.389 e. The first-order chi connectivity index (χ1) is 13.2. The van der Waals surface area contributed by atoms with Crippen LogP contribution < -0.4 is 10.6 Å². The van der Waals surface area contributed by atoms with E-state index in [4.69, 9.17) is 10.5 Å². The van der Waals surface area contributed by atoms with E-state index < -0.39 is 23.9 Å². The molecule has 0 spiro atoms. The van der Waals surface area contributed by atoms with Crippen LogP contribution >= 0.6 is 0 Å². The fourth-order valence-electron chi connectivity index (χ4n) is 3.52. The Labute approximate surface area is 160 Å². The van der Waals surface area contributed by atoms with Crippen LogP contribution in [0, 0.1) is 0 Å². The highest BCUT2D eigenvalue weighted by Crippen LogP contribution is 2.29. The number of nitrogens with two attached hydrogens (primary N) is 1. The molecule has 1 amide bonds. The van der Waals surface area contributed by atoms with Gasteiger partial charge in [0.2, 0.25) is 5.95 Å². The van der Waals surface area contributed by atoms with E-state index in [1.165, 1.54) is 0 Å². The summed E-state index contributed by atoms with van der Waals surface area (Å²) in [5.74, 6) is -0.0414. The standard InChI is InChI=1S/C17H24F3N5O3/c1-10(21)9-28-14-3-5-25(15(14)27)12-2-4-24(8-13(12)26)16-22-6-11(7-23-16)17(18,19)20/h6-7,10,12-14,26H,2-5,8-9,21H2,1H3/t10-,12+,13+,14+/m0/s1. The summed E-state index contributed by atoms with van der Waals surface area (Å²) in [6.07, 6.45) is -3.46. The van der Waals surface area contributed by atoms with Crippen molar-refractivity contribution in [2.75, 3.05) is 31.1 Å². The lowest BCUT2D eigenvalue weighted by Gasteiger charge is -2.40. The average Bonchev–Trinajstić information content (AvgIpc) is 3.00. The highest BCUT2D eigenvalue weighted by molar-refractivity contribution is 5.83. The molecule has 2 aliphatic rings. The predicted molar refractivity (Wildman–Crippen MR) is 93.4 cm³/mol. The molecule has 1 aromatic rings. The van der Waals surface area contributed by atoms with Crippen LogP contribution in [0.3, 0.4) is 0 Å². The molecule has 8 nitrogen and oxygen atoms in total. The van der Waals surface area contributed by atoms with Crippen molar-refractivity contribution in [1.29, 1.82) is 0 Å². The zero-order chi connectivity index (χ0) is 20.5. The van der Waals surface area contributed by atoms with Crippen molar-refractivity contribution < 1.29 is 27.8 Å². The van der Waals surface area contributed by atoms with Crippen LogP contribution in [0.4, 0.5) is 19.1 Å². The zero-order valence-electron chi connectivity index (χ0n) is 15.5. The number of hydrogen-bond acceptors (Lipinski definition) is 7. The van der Waals surface area contributed by atoms with E-state index in [0.29, 0.717) is 25.9 Å². The van der Waals surface area contributed by atoms with E-state index in [-0.39, 0.29) is 37.1 Å². The van der Waals surface area contributed by atoms with E-state index in [1.807, 2.05) is 0 Å². The molecule has 0 unspecified atom stereocenters. The Hall–Kier alpha value is -1.98. The number of halogens is 3. The van der Waals surface area contributed by atoms with Crippen LogP contribution in [0.2, 0.25) is 0 Å². The van der Waals surface area contributed by atoms with Gasteiger partial charge in [0.15, 0.2) is 0 Å². The summed E-state index contributed by atoms with van der Waals surface area (Å²) < 4.78 is 43.4. The van der Waals surface area contributed by atoms with Crippen LogP contribution in [-0.4, -0.2) is 76.4 Å². The molecule has 2 aliphatic heterocycles. The highest BCUT2D eigenvalue weighted by atomic mass is 19.4. The molecule has 2 saturated heterocycles. The van der Waals surface area contributed by atoms with E-state index >= 15 is 0 Å². The first kappa shape index (κ1) is 20.7. The summed E-state index contributed by atoms with van der Waals surface area (Å²) in [7, 11) is 0. The highest BCUT2D eigenvalue weighted by Gasteiger charge is 2.41. The summed E-state index contributed by atoms with van der Waals surface area (Å²) in [6.45, 7) is 3.12. The minimum atomic E-state index is -4.50. The number of aliphatic hydroxyl groups is 1. The Morgan fingerprint density at radius 3 is 2.57 bits per heavy atom. The summed E-state index contributed by atoms with van der Waals surface area (Å²) in [6, 6.07) is -0.540. The maximum absolute atomic E-state index is 12.6. The Morgan fingerprint density at radius 1 is 1.32 bits per heavy atom. The molecular weight excluding hydrogens is 379 g/mol. The quantitative estimate of drug-likeness (QED) is 0.733. The van der Waals surface area contributed by atoms with Gasteiger partial charge in [-0.15, -0.1) is 0 Å². The number of hydrogen-bond donors (Lipinski definition) is 2. The molecule has 0 saturated carbocycles. The van der Waals surface area contributed by atoms with Crippen LogP contribution in [0.1, 0.15) is 25.3 Å². The lowest BCUT2D eigenvalue weighted by molar-refractivity contribution is -0.141. The Kier molecular flexibility index (Phi) is 6.06. The molecule has 3 rings (SSSR count). The molecule has 0 bridgehead atoms. The summed E-state index contributed by atoms with van der Waals surface area (Å²) >= 11 is 0. The second kappa shape index (κ2) is 8.18. The van der Waals surface area contributed by atoms with Crippen LogP contribution in [-0.2, 0) is 15.7 Å². The van der Waals surface area contributed by atoms with Crippen molar-refractivity contribution in [3.63, 3.8) is 0 Å². The molecule has 0 aromatic carbocycles. The van der Waals surface area contributed by atoms with E-state index in [0.717, 1.165) is 12.4 Å². The van der Waals surface area contributed by atoms with Gasteiger partial charge in [0.25, 0.3) is 5.91 Å². The van der Waals surface area contributed by atoms with Crippen molar-refractivity contribution >= 4 is 11.9 Å². The lowest BCUT2D eigenvalue weighted by atomic mass is 10.0. The van der Waals surface area contributed by atoms with Crippen LogP contribution in [0.5, 0.6) is 0 Å². The number of β-amino-alcohol motifs (C(OH)–C–C–N with tert-alkyl or cyclic N) is 1. The third-order valence-electron chi connectivity index (χ3n) is 4.95. The number of nitrogens with zero attached hydrogens (tertiary/aromatic N) is 4. The zero-order valence-corrected chi connectivity index (χ0v) is 15.5. The minimum absolute atomic E-state index is 0.122. The van der Waals surface area contributed by atoms with E-state index in [2.05, 4.69) is 9.97 Å². The summed E-state index contributed by atoms with van der Waals surface area (Å²) in [5, 5.41) is 10.5. The normalized spacial score (nSPS) is 27.4. The Bertz CT molecular complexity index is 686. The number of alkyl halides is 3. The van der Waals surface area contributed by atoms with Gasteiger partial charge in [-0.2, -0.15) is 13.2 Å². The number of anilines is 1. The van der Waals surface area contributed by atoms with E-state index in [9.17, 15) is 23.1 Å². The number of rotatable bonds is 5. The lowest BCUT2D eigenvalue weighted by Crippen LogP contribution is -2.55. The second-order valence-electron chi connectivity index (χ2n) is 7.26. The summed E-state index contributed by atoms with van der Waals surface area (Å²) in [5.41, 5.74) is 4.73. The fraction of sp³-hybridized carbons (Fsp3) is 0.706. The monoisotopic (exact) mass is 403 g/mol. The Balaban J connectivity index is 1.59. The SMILES string of the molecule is C[C@H](N)CO[C@@H]1CCN([C@@H]2CCN(c3ncc(C(F)(F)F)cn3)C[C@H]2O)C1=O. The maximum Gasteiger partial charge on any atom is 0.419 e. The molecule has 156 valence electrons. The van der Waals surface area contributed by atoms with Gasteiger partial charge in [0.05, 0.1) is 24.3 Å². The largest absolute Gasteiger partial charge is 0.419 e. The van der Waals surface area contributed by atoms with Gasteiger partial charge in [0, 0.05) is 44.5 Å². The van der Waals surface area contributed by atoms with Gasteiger partial charge in [0.1, 0.15) is 6.10 Å². The molecule has 0 radical (unpaired) electrons. The van der Waals surface area contributed by atoms with Crippen molar-refractivity contribution in [2.24, 2.45) is 5.73 Å². The first-order valence-electron chi connectivity index (χ1n) is 9.16. The molecule has 3 N–H and O–H groups in total. The fourth-order valence-corrected chi connectivity index (χ4v) is 3.52. The predicted octanol–water partition coefficient (Wildman–Crippen LogP) is 0.400. The van der Waals surface area contributed by atoms with Gasteiger partial charge in [-0.05, 0) is 13.3 Å². The third-order valence-corrected chi connectivity index (χ3v) is 4.95. The number of carbonyl (C=O) groups excluding carboxylic acids is 1. The second-order valence-corrected chi connectivity index (χ2v) is 7.26. The number of piperidine rings is 1. The molecular formula is C17H24F3N5O3. The first-order valence-corrected chi connectivity index (χ1v) is 9.16. The molecule has 0 aliphatic carbocycles. The number of aromatic nitrogens is 2. The van der Waals surface area contributed by atoms with E-state index in [1.54, 1.807) is 16.7 Å². The van der Waals surface area contributed by atoms with Crippen molar-refractivity contribution in [2.45, 2.75) is 50.2 Å². The number of ether oxygens (including phenoxy) is 1. The number of likely N-dealkylation sites (tertiary alicyclic amines) is 1. The molecule has 28 heavy (non-hydrogen) atoms. The van der Waals surface area contributed by atoms with Gasteiger partial charge >= 0.3 is 6.18 Å². The van der Waals surface area contributed by atoms with Crippen LogP contribution in [0.25, 0.3) is 0 Å². The molecule has 4 atom stereocenters.